The van der Waals surface area contributed by atoms with Gasteiger partial charge in [0.1, 0.15) is 11.1 Å². The van der Waals surface area contributed by atoms with E-state index in [1.807, 2.05) is 19.1 Å². The number of nitrogens with zero attached hydrogens (tertiary/aromatic N) is 2. The fraction of sp³-hybridized carbons (Fsp3) is 0.0909. The number of hydrogen-bond donors (Lipinski definition) is 2. The highest BCUT2D eigenvalue weighted by Crippen LogP contribution is 2.30. The Labute approximate surface area is 101 Å². The van der Waals surface area contributed by atoms with Gasteiger partial charge in [0.2, 0.25) is 0 Å². The van der Waals surface area contributed by atoms with Gasteiger partial charge >= 0.3 is 0 Å². The molecule has 0 radical (unpaired) electrons. The SMILES string of the molecule is Cc1cc2c(NN)nc(-c3ccoc3)nc2s1. The van der Waals surface area contributed by atoms with Crippen molar-refractivity contribution in [2.45, 2.75) is 6.92 Å². The molecule has 6 heteroatoms. The van der Waals surface area contributed by atoms with Crippen LogP contribution in [0.5, 0.6) is 0 Å². The predicted octanol–water partition coefficient (Wildman–Crippen LogP) is 2.55. The normalized spacial score (nSPS) is 10.9. The number of anilines is 1. The van der Waals surface area contributed by atoms with Crippen molar-refractivity contribution in [3.63, 3.8) is 0 Å². The smallest absolute Gasteiger partial charge is 0.166 e. The van der Waals surface area contributed by atoms with Crippen LogP contribution in [0, 0.1) is 6.92 Å². The van der Waals surface area contributed by atoms with E-state index in [1.165, 1.54) is 4.88 Å². The van der Waals surface area contributed by atoms with Crippen molar-refractivity contribution in [2.24, 2.45) is 5.84 Å². The molecule has 0 spiro atoms. The number of nitrogens with two attached hydrogens (primary N) is 1. The second-order valence-corrected chi connectivity index (χ2v) is 4.86. The van der Waals surface area contributed by atoms with Crippen LogP contribution >= 0.6 is 11.3 Å². The molecule has 0 amide bonds. The maximum atomic E-state index is 5.49. The van der Waals surface area contributed by atoms with Crippen LogP contribution in [-0.2, 0) is 0 Å². The second kappa shape index (κ2) is 3.83. The molecule has 0 aliphatic carbocycles. The summed E-state index contributed by atoms with van der Waals surface area (Å²) in [4.78, 5) is 11.0. The van der Waals surface area contributed by atoms with Gasteiger partial charge in [-0.2, -0.15) is 0 Å². The van der Waals surface area contributed by atoms with Crippen molar-refractivity contribution in [2.75, 3.05) is 5.43 Å². The maximum Gasteiger partial charge on any atom is 0.166 e. The van der Waals surface area contributed by atoms with Crippen LogP contribution < -0.4 is 11.3 Å². The fourth-order valence-electron chi connectivity index (χ4n) is 1.67. The van der Waals surface area contributed by atoms with Gasteiger partial charge in [0.15, 0.2) is 11.6 Å². The zero-order valence-electron chi connectivity index (χ0n) is 9.10. The van der Waals surface area contributed by atoms with Gasteiger partial charge in [-0.05, 0) is 19.1 Å². The maximum absolute atomic E-state index is 5.49. The molecular formula is C11H10N4OS. The molecule has 0 atom stereocenters. The third kappa shape index (κ3) is 1.67. The van der Waals surface area contributed by atoms with E-state index in [0.717, 1.165) is 15.8 Å². The van der Waals surface area contributed by atoms with E-state index in [-0.39, 0.29) is 0 Å². The van der Waals surface area contributed by atoms with Crippen molar-refractivity contribution >= 4 is 27.4 Å². The lowest BCUT2D eigenvalue weighted by Gasteiger charge is -2.03. The summed E-state index contributed by atoms with van der Waals surface area (Å²) in [5.74, 6) is 6.74. The van der Waals surface area contributed by atoms with Crippen LogP contribution in [0.15, 0.2) is 29.1 Å². The van der Waals surface area contributed by atoms with Crippen LogP contribution in [0.3, 0.4) is 0 Å². The fourth-order valence-corrected chi connectivity index (χ4v) is 2.55. The molecule has 17 heavy (non-hydrogen) atoms. The highest BCUT2D eigenvalue weighted by Gasteiger charge is 2.11. The molecule has 86 valence electrons. The van der Waals surface area contributed by atoms with Gasteiger partial charge < -0.3 is 9.84 Å². The van der Waals surface area contributed by atoms with Crippen molar-refractivity contribution < 1.29 is 4.42 Å². The van der Waals surface area contributed by atoms with Crippen LogP contribution in [0.1, 0.15) is 4.88 Å². The molecule has 0 bridgehead atoms. The molecule has 0 aliphatic heterocycles. The Morgan fingerprint density at radius 1 is 1.41 bits per heavy atom. The Balaban J connectivity index is 2.28. The minimum Gasteiger partial charge on any atom is -0.472 e. The average Bonchev–Trinajstić information content (AvgIpc) is 2.94. The largest absolute Gasteiger partial charge is 0.472 e. The van der Waals surface area contributed by atoms with Crippen molar-refractivity contribution in [3.8, 4) is 11.4 Å². The summed E-state index contributed by atoms with van der Waals surface area (Å²) < 4.78 is 5.03. The van der Waals surface area contributed by atoms with Crippen molar-refractivity contribution in [3.05, 3.63) is 29.5 Å². The first kappa shape index (κ1) is 10.2. The number of nitrogens with one attached hydrogen (secondary N) is 1. The van der Waals surface area contributed by atoms with Crippen molar-refractivity contribution in [1.29, 1.82) is 0 Å². The van der Waals surface area contributed by atoms with E-state index in [4.69, 9.17) is 10.3 Å². The first-order valence-corrected chi connectivity index (χ1v) is 5.87. The Kier molecular flexibility index (Phi) is 2.31. The lowest BCUT2D eigenvalue weighted by atomic mass is 10.3. The zero-order valence-corrected chi connectivity index (χ0v) is 9.91. The average molecular weight is 246 g/mol. The topological polar surface area (TPSA) is 77.0 Å². The molecule has 3 N–H and O–H groups in total. The van der Waals surface area contributed by atoms with Crippen LogP contribution in [-0.4, -0.2) is 9.97 Å². The number of hydrogen-bond acceptors (Lipinski definition) is 6. The number of furan rings is 1. The lowest BCUT2D eigenvalue weighted by molar-refractivity contribution is 0.568. The Hall–Kier alpha value is -1.92. The minimum absolute atomic E-state index is 0.612. The van der Waals surface area contributed by atoms with E-state index in [0.29, 0.717) is 11.6 Å². The van der Waals surface area contributed by atoms with Crippen LogP contribution in [0.2, 0.25) is 0 Å². The molecule has 0 aliphatic rings. The quantitative estimate of drug-likeness (QED) is 0.536. The summed E-state index contributed by atoms with van der Waals surface area (Å²) >= 11 is 1.62. The second-order valence-electron chi connectivity index (χ2n) is 3.63. The Morgan fingerprint density at radius 3 is 3.00 bits per heavy atom. The van der Waals surface area contributed by atoms with Crippen LogP contribution in [0.25, 0.3) is 21.6 Å². The molecule has 3 rings (SSSR count). The van der Waals surface area contributed by atoms with Crippen molar-refractivity contribution in [1.82, 2.24) is 9.97 Å². The van der Waals surface area contributed by atoms with Gasteiger partial charge in [-0.3, -0.25) is 0 Å². The van der Waals surface area contributed by atoms with E-state index in [2.05, 4.69) is 15.4 Å². The predicted molar refractivity (Wildman–Crippen MR) is 67.7 cm³/mol. The number of aryl methyl sites for hydroxylation is 1. The standard InChI is InChI=1S/C11H10N4OS/c1-6-4-8-10(15-12)13-9(14-11(8)17-6)7-2-3-16-5-7/h2-5H,12H2,1H3,(H,13,14,15). The Bertz CT molecular complexity index is 659. The summed E-state index contributed by atoms with van der Waals surface area (Å²) in [7, 11) is 0. The summed E-state index contributed by atoms with van der Waals surface area (Å²) in [6.07, 6.45) is 3.21. The third-order valence-corrected chi connectivity index (χ3v) is 3.38. The Morgan fingerprint density at radius 2 is 2.29 bits per heavy atom. The molecule has 5 nitrogen and oxygen atoms in total. The highest BCUT2D eigenvalue weighted by atomic mass is 32.1. The van der Waals surface area contributed by atoms with E-state index in [1.54, 1.807) is 23.9 Å². The molecule has 0 aromatic carbocycles. The lowest BCUT2D eigenvalue weighted by Crippen LogP contribution is -2.09. The number of nitrogen functional groups attached to an aromatic ring is 1. The van der Waals surface area contributed by atoms with E-state index < -0.39 is 0 Å². The summed E-state index contributed by atoms with van der Waals surface area (Å²) in [6, 6.07) is 3.84. The van der Waals surface area contributed by atoms with Crippen LogP contribution in [0.4, 0.5) is 5.82 Å². The molecule has 0 fully saturated rings. The highest BCUT2D eigenvalue weighted by molar-refractivity contribution is 7.18. The molecule has 0 saturated carbocycles. The van der Waals surface area contributed by atoms with E-state index in [9.17, 15) is 0 Å². The van der Waals surface area contributed by atoms with Gasteiger partial charge in [-0.1, -0.05) is 0 Å². The van der Waals surface area contributed by atoms with Gasteiger partial charge in [0.25, 0.3) is 0 Å². The summed E-state index contributed by atoms with van der Waals surface area (Å²) in [5.41, 5.74) is 3.45. The van der Waals surface area contributed by atoms with Gasteiger partial charge in [-0.15, -0.1) is 11.3 Å². The number of aromatic nitrogens is 2. The third-order valence-electron chi connectivity index (χ3n) is 2.43. The molecule has 0 unspecified atom stereocenters. The number of hydrazine groups is 1. The molecule has 3 aromatic rings. The van der Waals surface area contributed by atoms with Gasteiger partial charge in [0, 0.05) is 4.88 Å². The molecule has 3 aromatic heterocycles. The minimum atomic E-state index is 0.612. The van der Waals surface area contributed by atoms with E-state index >= 15 is 0 Å². The summed E-state index contributed by atoms with van der Waals surface area (Å²) in [5, 5.41) is 0.947. The van der Waals surface area contributed by atoms with Gasteiger partial charge in [-0.25, -0.2) is 15.8 Å². The zero-order chi connectivity index (χ0) is 11.8. The first-order valence-electron chi connectivity index (χ1n) is 5.05. The molecular weight excluding hydrogens is 236 g/mol. The number of fused-ring (bicyclic) bond motifs is 1. The van der Waals surface area contributed by atoms with Gasteiger partial charge in [0.05, 0.1) is 17.2 Å². The number of thiophene rings is 1. The molecule has 0 saturated heterocycles. The summed E-state index contributed by atoms with van der Waals surface area (Å²) in [6.45, 7) is 2.03. The number of rotatable bonds is 2. The first-order chi connectivity index (χ1) is 8.28. The molecule has 3 heterocycles. The monoisotopic (exact) mass is 246 g/mol.